The maximum absolute atomic E-state index is 14.1. The second kappa shape index (κ2) is 11.7. The molecule has 220 valence electrons. The standard InChI is InChI=1S/C31H33FN4O5S/c32-20-12-14-21(15-13-20)33-24-10-5-3-1-2-4-8-19-17-31(19,29(39)40)35-27(37)25-16-22(18-36(25)28(24)38)41-30-34-23-9-6-7-11-26(23)42-30/h4,6-9,11-15,19,22,24-25,33H,1-3,5,10,16-18H2,(H,35,37)(H,39,40)/b8-4-/t19-,22-,24+,25+,31-/m1/s1. The molecule has 5 atom stereocenters. The highest BCUT2D eigenvalue weighted by Crippen LogP contribution is 2.45. The number of para-hydroxylation sites is 1. The zero-order valence-corrected chi connectivity index (χ0v) is 23.8. The van der Waals surface area contributed by atoms with Gasteiger partial charge in [-0.3, -0.25) is 9.59 Å². The molecule has 0 unspecified atom stereocenters. The molecule has 2 fully saturated rings. The van der Waals surface area contributed by atoms with E-state index in [9.17, 15) is 23.9 Å². The summed E-state index contributed by atoms with van der Waals surface area (Å²) in [4.78, 5) is 46.2. The third-order valence-corrected chi connectivity index (χ3v) is 9.28. The number of fused-ring (bicyclic) bond motifs is 3. The number of carboxylic acids is 1. The summed E-state index contributed by atoms with van der Waals surface area (Å²) in [6.45, 7) is 0.151. The number of nitrogens with zero attached hydrogens (tertiary/aromatic N) is 2. The molecule has 11 heteroatoms. The highest BCUT2D eigenvalue weighted by Gasteiger charge is 2.61. The van der Waals surface area contributed by atoms with E-state index in [2.05, 4.69) is 15.6 Å². The first kappa shape index (κ1) is 28.1. The van der Waals surface area contributed by atoms with E-state index in [-0.39, 0.29) is 30.6 Å². The maximum Gasteiger partial charge on any atom is 0.330 e. The molecule has 1 aliphatic carbocycles. The lowest BCUT2D eigenvalue weighted by atomic mass is 10.0. The van der Waals surface area contributed by atoms with Gasteiger partial charge >= 0.3 is 5.97 Å². The Balaban J connectivity index is 1.28. The smallest absolute Gasteiger partial charge is 0.330 e. The number of carboxylic acid groups (broad SMARTS) is 1. The first-order valence-electron chi connectivity index (χ1n) is 14.4. The Morgan fingerprint density at radius 2 is 1.95 bits per heavy atom. The van der Waals surface area contributed by atoms with Crippen molar-refractivity contribution in [1.82, 2.24) is 15.2 Å². The Bertz CT molecular complexity index is 1480. The lowest BCUT2D eigenvalue weighted by Crippen LogP contribution is -2.55. The molecule has 3 aromatic rings. The Kier molecular flexibility index (Phi) is 7.85. The van der Waals surface area contributed by atoms with Gasteiger partial charge in [0.05, 0.1) is 16.8 Å². The minimum absolute atomic E-state index is 0.151. The zero-order valence-electron chi connectivity index (χ0n) is 23.0. The second-order valence-electron chi connectivity index (χ2n) is 11.3. The fourth-order valence-electron chi connectivity index (χ4n) is 5.94. The lowest BCUT2D eigenvalue weighted by Gasteiger charge is -2.30. The number of nitrogens with one attached hydrogen (secondary N) is 2. The van der Waals surface area contributed by atoms with Crippen LogP contribution in [0.5, 0.6) is 5.19 Å². The number of anilines is 1. The van der Waals surface area contributed by atoms with E-state index in [1.165, 1.54) is 28.4 Å². The molecule has 9 nitrogen and oxygen atoms in total. The van der Waals surface area contributed by atoms with Crippen LogP contribution in [-0.4, -0.2) is 63.0 Å². The van der Waals surface area contributed by atoms with Crippen LogP contribution in [0.1, 0.15) is 44.9 Å². The van der Waals surface area contributed by atoms with Gasteiger partial charge in [-0.1, -0.05) is 48.5 Å². The van der Waals surface area contributed by atoms with Crippen molar-refractivity contribution >= 4 is 45.0 Å². The molecule has 2 aliphatic heterocycles. The van der Waals surface area contributed by atoms with Crippen molar-refractivity contribution < 1.29 is 28.6 Å². The van der Waals surface area contributed by atoms with E-state index in [1.807, 2.05) is 36.4 Å². The number of halogens is 1. The summed E-state index contributed by atoms with van der Waals surface area (Å²) < 4.78 is 20.8. The van der Waals surface area contributed by atoms with Crippen LogP contribution >= 0.6 is 11.3 Å². The molecule has 3 heterocycles. The van der Waals surface area contributed by atoms with E-state index < -0.39 is 35.6 Å². The highest BCUT2D eigenvalue weighted by atomic mass is 32.1. The summed E-state index contributed by atoms with van der Waals surface area (Å²) in [6, 6.07) is 11.9. The molecule has 1 saturated heterocycles. The van der Waals surface area contributed by atoms with Crippen molar-refractivity contribution in [2.75, 3.05) is 11.9 Å². The fourth-order valence-corrected chi connectivity index (χ4v) is 6.82. The highest BCUT2D eigenvalue weighted by molar-refractivity contribution is 7.20. The van der Waals surface area contributed by atoms with Gasteiger partial charge in [-0.25, -0.2) is 14.2 Å². The number of amides is 2. The third-order valence-electron chi connectivity index (χ3n) is 8.35. The van der Waals surface area contributed by atoms with E-state index >= 15 is 0 Å². The number of aliphatic carboxylic acids is 1. The lowest BCUT2D eigenvalue weighted by molar-refractivity contribution is -0.145. The molecule has 0 radical (unpaired) electrons. The molecule has 0 bridgehead atoms. The molecule has 0 spiro atoms. The molecule has 1 aromatic heterocycles. The second-order valence-corrected chi connectivity index (χ2v) is 12.3. The summed E-state index contributed by atoms with van der Waals surface area (Å²) >= 11 is 1.39. The zero-order chi connectivity index (χ0) is 29.3. The Morgan fingerprint density at radius 1 is 1.14 bits per heavy atom. The number of allylic oxidation sites excluding steroid dienone is 1. The van der Waals surface area contributed by atoms with Gasteiger partial charge in [-0.05, 0) is 62.1 Å². The quantitative estimate of drug-likeness (QED) is 0.366. The van der Waals surface area contributed by atoms with Crippen molar-refractivity contribution in [2.24, 2.45) is 5.92 Å². The van der Waals surface area contributed by atoms with Crippen molar-refractivity contribution in [3.05, 3.63) is 66.5 Å². The summed E-state index contributed by atoms with van der Waals surface area (Å²) in [5, 5.41) is 16.5. The van der Waals surface area contributed by atoms with Crippen molar-refractivity contribution in [2.45, 2.75) is 68.7 Å². The minimum atomic E-state index is -1.37. The molecule has 3 aliphatic rings. The van der Waals surface area contributed by atoms with Gasteiger partial charge < -0.3 is 25.4 Å². The predicted molar refractivity (Wildman–Crippen MR) is 157 cm³/mol. The van der Waals surface area contributed by atoms with Crippen LogP contribution in [0.15, 0.2) is 60.7 Å². The molecule has 2 amide bonds. The largest absolute Gasteiger partial charge is 0.479 e. The molecule has 3 N–H and O–H groups in total. The molecular weight excluding hydrogens is 559 g/mol. The van der Waals surface area contributed by atoms with Crippen LogP contribution in [0, 0.1) is 11.7 Å². The van der Waals surface area contributed by atoms with Gasteiger partial charge in [0.15, 0.2) is 0 Å². The van der Waals surface area contributed by atoms with Gasteiger partial charge in [-0.2, -0.15) is 0 Å². The monoisotopic (exact) mass is 592 g/mol. The van der Waals surface area contributed by atoms with Crippen molar-refractivity contribution in [3.63, 3.8) is 0 Å². The topological polar surface area (TPSA) is 121 Å². The normalized spacial score (nSPS) is 29.0. The van der Waals surface area contributed by atoms with Gasteiger partial charge in [0.25, 0.3) is 5.19 Å². The number of carbonyl (C=O) groups excluding carboxylic acids is 2. The average Bonchev–Trinajstić information content (AvgIpc) is 3.29. The number of hydrogen-bond acceptors (Lipinski definition) is 7. The van der Waals surface area contributed by atoms with Crippen LogP contribution in [0.25, 0.3) is 10.2 Å². The van der Waals surface area contributed by atoms with Gasteiger partial charge in [0, 0.05) is 18.0 Å². The van der Waals surface area contributed by atoms with Crippen LogP contribution in [0.2, 0.25) is 0 Å². The summed E-state index contributed by atoms with van der Waals surface area (Å²) in [5.74, 6) is -2.54. The van der Waals surface area contributed by atoms with Gasteiger partial charge in [-0.15, -0.1) is 0 Å². The summed E-state index contributed by atoms with van der Waals surface area (Å²) in [7, 11) is 0. The molecular formula is C31H33FN4O5S. The van der Waals surface area contributed by atoms with Crippen molar-refractivity contribution in [3.8, 4) is 5.19 Å². The Morgan fingerprint density at radius 3 is 2.74 bits per heavy atom. The predicted octanol–water partition coefficient (Wildman–Crippen LogP) is 4.74. The SMILES string of the molecule is O=C1N[C@]2(C(=O)O)C[C@H]2/C=C\CCCCC[C@H](Nc2ccc(F)cc2)C(=O)N2C[C@H](Oc3nc4ccccc4s3)C[C@@H]12. The molecule has 2 aromatic carbocycles. The molecule has 42 heavy (non-hydrogen) atoms. The van der Waals surface area contributed by atoms with E-state index in [0.717, 1.165) is 35.9 Å². The van der Waals surface area contributed by atoms with Gasteiger partial charge in [0.2, 0.25) is 11.8 Å². The van der Waals surface area contributed by atoms with Crippen LogP contribution < -0.4 is 15.4 Å². The van der Waals surface area contributed by atoms with E-state index in [0.29, 0.717) is 23.7 Å². The van der Waals surface area contributed by atoms with Crippen LogP contribution in [0.3, 0.4) is 0 Å². The van der Waals surface area contributed by atoms with Crippen molar-refractivity contribution in [1.29, 1.82) is 0 Å². The Hall–Kier alpha value is -3.99. The first-order valence-corrected chi connectivity index (χ1v) is 15.2. The van der Waals surface area contributed by atoms with Gasteiger partial charge in [0.1, 0.15) is 29.5 Å². The number of benzene rings is 2. The summed E-state index contributed by atoms with van der Waals surface area (Å²) in [6.07, 6.45) is 7.77. The number of hydrogen-bond donors (Lipinski definition) is 3. The number of rotatable bonds is 5. The molecule has 6 rings (SSSR count). The third kappa shape index (κ3) is 5.83. The van der Waals surface area contributed by atoms with E-state index in [1.54, 1.807) is 12.1 Å². The fraction of sp³-hybridized carbons (Fsp3) is 0.419. The van der Waals surface area contributed by atoms with E-state index in [4.69, 9.17) is 4.74 Å². The number of ether oxygens (including phenoxy) is 1. The number of aromatic nitrogens is 1. The number of thiazole rings is 1. The van der Waals surface area contributed by atoms with Crippen LogP contribution in [0.4, 0.5) is 10.1 Å². The average molecular weight is 593 g/mol. The summed E-state index contributed by atoms with van der Waals surface area (Å²) in [5.41, 5.74) is 0.0305. The Labute approximate surface area is 246 Å². The van der Waals surface area contributed by atoms with Crippen LogP contribution in [-0.2, 0) is 14.4 Å². The minimum Gasteiger partial charge on any atom is -0.479 e. The number of carbonyl (C=O) groups is 3. The maximum atomic E-state index is 14.1. The first-order chi connectivity index (χ1) is 20.3. The molecule has 1 saturated carbocycles.